The van der Waals surface area contributed by atoms with Crippen molar-refractivity contribution < 1.29 is 37.6 Å². The van der Waals surface area contributed by atoms with Crippen molar-refractivity contribution in [3.63, 3.8) is 0 Å². The standard InChI is InChI=1S/C10H12FN2O6P/c1-5-3-13(10(15)12-9(5)14)8-2-6(11)7(19-8)4-18-20(16)17/h3,6-8H,2,4H2,1H3,(H,12,14,15)/p+1/t6-,7+,8+/m0/s1. The number of carbonyl (C=O) groups excluding carboxylic acids is 2. The molecule has 2 unspecified atom stereocenters. The van der Waals surface area contributed by atoms with E-state index in [2.05, 4.69) is 9.84 Å². The number of imide groups is 1. The second kappa shape index (κ2) is 6.02. The topological polar surface area (TPSA) is 109 Å². The first kappa shape index (κ1) is 15.1. The molecule has 0 saturated carbocycles. The number of halogens is 1. The normalized spacial score (nSPS) is 34.8. The number of quaternary nitrogens is 1. The molecular weight excluding hydrogens is 294 g/mol. The van der Waals surface area contributed by atoms with Gasteiger partial charge in [0, 0.05) is 0 Å². The van der Waals surface area contributed by atoms with Gasteiger partial charge in [-0.1, -0.05) is 0 Å². The summed E-state index contributed by atoms with van der Waals surface area (Å²) in [6, 6.07) is -0.630. The molecule has 110 valence electrons. The molecule has 0 bridgehead atoms. The average Bonchev–Trinajstić information content (AvgIpc) is 2.72. The van der Waals surface area contributed by atoms with Crippen molar-refractivity contribution in [1.82, 2.24) is 5.32 Å². The Morgan fingerprint density at radius 3 is 3.00 bits per heavy atom. The van der Waals surface area contributed by atoms with Crippen molar-refractivity contribution in [1.29, 1.82) is 0 Å². The minimum Gasteiger partial charge on any atom is -0.566 e. The molecule has 0 aromatic heterocycles. The first-order valence-corrected chi connectivity index (χ1v) is 6.95. The molecule has 0 radical (unpaired) electrons. The van der Waals surface area contributed by atoms with Crippen LogP contribution in [0.5, 0.6) is 0 Å². The van der Waals surface area contributed by atoms with Gasteiger partial charge >= 0.3 is 14.3 Å². The number of nitrogens with one attached hydrogen (secondary N) is 2. The molecule has 5 atom stereocenters. The van der Waals surface area contributed by atoms with Gasteiger partial charge in [0.25, 0.3) is 5.91 Å². The molecule has 20 heavy (non-hydrogen) atoms. The van der Waals surface area contributed by atoms with Crippen LogP contribution in [0.15, 0.2) is 11.8 Å². The van der Waals surface area contributed by atoms with Crippen molar-refractivity contribution in [2.75, 3.05) is 6.61 Å². The third kappa shape index (κ3) is 3.25. The Morgan fingerprint density at radius 1 is 1.65 bits per heavy atom. The molecule has 2 rings (SSSR count). The predicted molar refractivity (Wildman–Crippen MR) is 60.0 cm³/mol. The second-order valence-corrected chi connectivity index (χ2v) is 5.21. The van der Waals surface area contributed by atoms with E-state index in [9.17, 15) is 23.4 Å². The highest BCUT2D eigenvalue weighted by Crippen LogP contribution is 2.23. The van der Waals surface area contributed by atoms with E-state index in [0.717, 1.165) is 0 Å². The number of carbonyl (C=O) groups is 2. The minimum atomic E-state index is -3.08. The van der Waals surface area contributed by atoms with Crippen LogP contribution in [0.25, 0.3) is 0 Å². The van der Waals surface area contributed by atoms with Crippen LogP contribution in [0.2, 0.25) is 0 Å². The maximum absolute atomic E-state index is 13.7. The highest BCUT2D eigenvalue weighted by atomic mass is 31.1. The Morgan fingerprint density at radius 2 is 2.35 bits per heavy atom. The predicted octanol–water partition coefficient (Wildman–Crippen LogP) is -1.49. The van der Waals surface area contributed by atoms with Gasteiger partial charge in [0.2, 0.25) is 6.23 Å². The summed E-state index contributed by atoms with van der Waals surface area (Å²) in [6.45, 7) is 1.08. The molecule has 1 fully saturated rings. The fourth-order valence-electron chi connectivity index (χ4n) is 2.06. The van der Waals surface area contributed by atoms with E-state index in [0.29, 0.717) is 5.57 Å². The van der Waals surface area contributed by atoms with Crippen LogP contribution in [0.3, 0.4) is 0 Å². The van der Waals surface area contributed by atoms with Gasteiger partial charge in [-0.25, -0.2) is 14.5 Å². The van der Waals surface area contributed by atoms with Crippen LogP contribution in [-0.2, 0) is 18.6 Å². The maximum atomic E-state index is 13.7. The molecule has 0 spiro atoms. The van der Waals surface area contributed by atoms with Crippen molar-refractivity contribution in [3.8, 4) is 0 Å². The molecule has 0 aliphatic carbocycles. The third-order valence-electron chi connectivity index (χ3n) is 3.09. The zero-order valence-electron chi connectivity index (χ0n) is 10.5. The number of hydrogen-bond acceptors (Lipinski definition) is 6. The van der Waals surface area contributed by atoms with Crippen molar-refractivity contribution >= 4 is 20.2 Å². The van der Waals surface area contributed by atoms with Gasteiger partial charge < -0.3 is 9.63 Å². The lowest BCUT2D eigenvalue weighted by molar-refractivity contribution is -0.818. The summed E-state index contributed by atoms with van der Waals surface area (Å²) >= 11 is 0. The zero-order valence-corrected chi connectivity index (χ0v) is 11.4. The van der Waals surface area contributed by atoms with Gasteiger partial charge in [0.1, 0.15) is 25.1 Å². The summed E-state index contributed by atoms with van der Waals surface area (Å²) in [5, 5.41) is 2.12. The first-order chi connectivity index (χ1) is 9.38. The van der Waals surface area contributed by atoms with Crippen molar-refractivity contribution in [3.05, 3.63) is 11.8 Å². The van der Waals surface area contributed by atoms with E-state index in [1.54, 1.807) is 0 Å². The number of rotatable bonds is 4. The number of urea groups is 1. The van der Waals surface area contributed by atoms with Crippen LogP contribution in [0, 0.1) is 0 Å². The lowest BCUT2D eigenvalue weighted by Crippen LogP contribution is -3.16. The second-order valence-electron chi connectivity index (χ2n) is 4.50. The van der Waals surface area contributed by atoms with Crippen molar-refractivity contribution in [2.45, 2.75) is 31.8 Å². The number of hydrogen-bond donors (Lipinski definition) is 2. The Bertz CT molecular complexity index is 484. The van der Waals surface area contributed by atoms with Gasteiger partial charge in [-0.2, -0.15) is 4.90 Å². The first-order valence-electron chi connectivity index (χ1n) is 5.86. The number of amides is 3. The van der Waals surface area contributed by atoms with Crippen LogP contribution < -0.4 is 15.1 Å². The average molecular weight is 307 g/mol. The fraction of sp³-hybridized carbons (Fsp3) is 0.600. The van der Waals surface area contributed by atoms with E-state index in [4.69, 9.17) is 4.74 Å². The van der Waals surface area contributed by atoms with Crippen molar-refractivity contribution in [2.24, 2.45) is 0 Å². The Kier molecular flexibility index (Phi) is 4.56. The third-order valence-corrected chi connectivity index (χ3v) is 3.45. The molecule has 0 aromatic carbocycles. The quantitative estimate of drug-likeness (QED) is 0.613. The zero-order chi connectivity index (χ0) is 14.9. The van der Waals surface area contributed by atoms with Gasteiger partial charge in [0.15, 0.2) is 0 Å². The summed E-state index contributed by atoms with van der Waals surface area (Å²) < 4.78 is 33.6. The summed E-state index contributed by atoms with van der Waals surface area (Å²) in [5.41, 5.74) is 0.320. The summed E-state index contributed by atoms with van der Waals surface area (Å²) in [5.74, 6) is -0.503. The van der Waals surface area contributed by atoms with E-state index >= 15 is 0 Å². The molecule has 8 nitrogen and oxygen atoms in total. The Labute approximate surface area is 114 Å². The van der Waals surface area contributed by atoms with Gasteiger partial charge in [-0.3, -0.25) is 4.79 Å². The molecule has 10 heteroatoms. The minimum absolute atomic E-state index is 0.0929. The largest absolute Gasteiger partial charge is 0.566 e. The van der Waals surface area contributed by atoms with Crippen LogP contribution in [-0.4, -0.2) is 37.0 Å². The van der Waals surface area contributed by atoms with E-state index in [1.807, 2.05) is 0 Å². The van der Waals surface area contributed by atoms with E-state index < -0.39 is 45.3 Å². The molecule has 0 aromatic rings. The summed E-state index contributed by atoms with van der Waals surface area (Å²) in [6.07, 6.45) is -2.06. The Hall–Kier alpha value is -1.25. The smallest absolute Gasteiger partial charge is 0.488 e. The molecule has 3 amide bonds. The highest BCUT2D eigenvalue weighted by molar-refractivity contribution is 7.30. The van der Waals surface area contributed by atoms with Crippen LogP contribution in [0.1, 0.15) is 13.3 Å². The molecule has 1 saturated heterocycles. The lowest BCUT2D eigenvalue weighted by atomic mass is 10.2. The lowest BCUT2D eigenvalue weighted by Gasteiger charge is -2.22. The van der Waals surface area contributed by atoms with Gasteiger partial charge in [-0.05, 0) is 11.5 Å². The Balaban J connectivity index is 2.02. The number of alkyl halides is 1. The van der Waals surface area contributed by atoms with E-state index in [-0.39, 0.29) is 11.3 Å². The summed E-state index contributed by atoms with van der Waals surface area (Å²) in [4.78, 5) is 33.4. The van der Waals surface area contributed by atoms with Gasteiger partial charge in [-0.15, -0.1) is 4.52 Å². The SMILES string of the molecule is CC1=C[NH+]([C@H]2C[C@H](F)[C@@H](CO[P+](=O)[O-])O2)C(=O)NC1=O. The molecule has 2 aliphatic rings. The van der Waals surface area contributed by atoms with Crippen LogP contribution in [0.4, 0.5) is 9.18 Å². The molecular formula is C10H13FN2O6P+. The maximum Gasteiger partial charge on any atom is 0.488 e. The highest BCUT2D eigenvalue weighted by Gasteiger charge is 2.45. The molecule has 2 heterocycles. The summed E-state index contributed by atoms with van der Waals surface area (Å²) in [7, 11) is -3.08. The number of ether oxygens (including phenoxy) is 1. The molecule has 2 aliphatic heterocycles. The van der Waals surface area contributed by atoms with E-state index in [1.165, 1.54) is 13.1 Å². The molecule has 2 N–H and O–H groups in total. The van der Waals surface area contributed by atoms with Crippen LogP contribution >= 0.6 is 8.25 Å². The van der Waals surface area contributed by atoms with Gasteiger partial charge in [0.05, 0.1) is 12.0 Å². The fourth-order valence-corrected chi connectivity index (χ4v) is 2.33. The monoisotopic (exact) mass is 307 g/mol.